The maximum atomic E-state index is 11.7. The number of rotatable bonds is 6. The third-order valence-corrected chi connectivity index (χ3v) is 3.03. The van der Waals surface area contributed by atoms with Gasteiger partial charge in [0, 0.05) is 6.61 Å². The lowest BCUT2D eigenvalue weighted by Gasteiger charge is -2.27. The van der Waals surface area contributed by atoms with Crippen LogP contribution in [-0.2, 0) is 9.53 Å². The smallest absolute Gasteiger partial charge is 0.250 e. The van der Waals surface area contributed by atoms with Crippen molar-refractivity contribution in [3.63, 3.8) is 0 Å². The lowest BCUT2D eigenvalue weighted by molar-refractivity contribution is -0.120. The summed E-state index contributed by atoms with van der Waals surface area (Å²) in [5, 5.41) is 2.85. The van der Waals surface area contributed by atoms with Crippen molar-refractivity contribution in [1.29, 1.82) is 0 Å². The van der Waals surface area contributed by atoms with Gasteiger partial charge in [-0.25, -0.2) is 0 Å². The Balaban J connectivity index is 2.80. The van der Waals surface area contributed by atoms with Crippen molar-refractivity contribution in [2.24, 2.45) is 4.99 Å². The van der Waals surface area contributed by atoms with Crippen molar-refractivity contribution in [2.75, 3.05) is 6.61 Å². The number of carbonyl (C=O) groups is 1. The summed E-state index contributed by atoms with van der Waals surface area (Å²) >= 11 is 0. The lowest BCUT2D eigenvalue weighted by Crippen LogP contribution is -2.45. The number of hydrogen-bond acceptors (Lipinski definition) is 3. The summed E-state index contributed by atoms with van der Waals surface area (Å²) in [4.78, 5) is 16.1. The third kappa shape index (κ3) is 2.61. The second-order valence-electron chi connectivity index (χ2n) is 4.29. The molecule has 0 radical (unpaired) electrons. The van der Waals surface area contributed by atoms with E-state index in [0.717, 1.165) is 19.3 Å². The summed E-state index contributed by atoms with van der Waals surface area (Å²) in [5.41, 5.74) is -0.451. The summed E-state index contributed by atoms with van der Waals surface area (Å²) in [6.07, 6.45) is 2.58. The van der Waals surface area contributed by atoms with Gasteiger partial charge in [0.25, 0.3) is 0 Å². The molecule has 92 valence electrons. The Morgan fingerprint density at radius 1 is 1.44 bits per heavy atom. The average molecular weight is 226 g/mol. The minimum absolute atomic E-state index is 0.0104. The molecule has 16 heavy (non-hydrogen) atoms. The molecule has 2 unspecified atom stereocenters. The number of ether oxygens (including phenoxy) is 1. The highest BCUT2D eigenvalue weighted by molar-refractivity contribution is 6.09. The summed E-state index contributed by atoms with van der Waals surface area (Å²) < 4.78 is 5.69. The molecule has 0 spiro atoms. The zero-order valence-electron chi connectivity index (χ0n) is 10.7. The Morgan fingerprint density at radius 2 is 2.12 bits per heavy atom. The Hall–Kier alpha value is -0.900. The largest absolute Gasteiger partial charge is 0.368 e. The zero-order valence-corrected chi connectivity index (χ0v) is 10.7. The highest BCUT2D eigenvalue weighted by Gasteiger charge is 2.37. The predicted molar refractivity (Wildman–Crippen MR) is 64.6 cm³/mol. The van der Waals surface area contributed by atoms with Gasteiger partial charge < -0.3 is 10.1 Å². The van der Waals surface area contributed by atoms with Crippen LogP contribution in [-0.4, -0.2) is 30.0 Å². The van der Waals surface area contributed by atoms with Crippen molar-refractivity contribution in [2.45, 2.75) is 58.6 Å². The number of amides is 1. The first kappa shape index (κ1) is 13.2. The molecule has 1 aliphatic heterocycles. The van der Waals surface area contributed by atoms with Crippen LogP contribution in [0.3, 0.4) is 0 Å². The molecule has 1 aliphatic rings. The van der Waals surface area contributed by atoms with Gasteiger partial charge in [0.1, 0.15) is 17.5 Å². The first-order chi connectivity index (χ1) is 7.57. The fourth-order valence-electron chi connectivity index (χ4n) is 1.84. The fourth-order valence-corrected chi connectivity index (χ4v) is 1.84. The second kappa shape index (κ2) is 5.43. The van der Waals surface area contributed by atoms with Crippen LogP contribution in [0.25, 0.3) is 0 Å². The maximum absolute atomic E-state index is 11.7. The SMILES string of the molecule is CCCC1N=C(C(C)(CC)OCC)NC1=O. The molecule has 0 saturated carbocycles. The highest BCUT2D eigenvalue weighted by Crippen LogP contribution is 2.21. The topological polar surface area (TPSA) is 50.7 Å². The lowest BCUT2D eigenvalue weighted by atomic mass is 10.0. The molecule has 4 nitrogen and oxygen atoms in total. The van der Waals surface area contributed by atoms with E-state index in [4.69, 9.17) is 4.74 Å². The first-order valence-electron chi connectivity index (χ1n) is 6.10. The summed E-state index contributed by atoms with van der Waals surface area (Å²) in [6, 6.07) is -0.216. The standard InChI is InChI=1S/C12H22N2O2/c1-5-8-9-10(15)14-11(13-9)12(4,6-2)16-7-3/h9H,5-8H2,1-4H3,(H,13,14,15). The molecule has 4 heteroatoms. The number of aliphatic imine (C=N–C) groups is 1. The van der Waals surface area contributed by atoms with E-state index in [2.05, 4.69) is 17.2 Å². The maximum Gasteiger partial charge on any atom is 0.250 e. The zero-order chi connectivity index (χ0) is 12.2. The van der Waals surface area contributed by atoms with Gasteiger partial charge in [0.15, 0.2) is 0 Å². The molecule has 0 fully saturated rings. The van der Waals surface area contributed by atoms with Crippen molar-refractivity contribution < 1.29 is 9.53 Å². The number of amidine groups is 1. The Labute approximate surface area is 97.5 Å². The molecular weight excluding hydrogens is 204 g/mol. The summed E-state index contributed by atoms with van der Waals surface area (Å²) in [5.74, 6) is 0.705. The molecule has 0 saturated heterocycles. The molecule has 0 aromatic heterocycles. The van der Waals surface area contributed by atoms with Crippen LogP contribution in [0.1, 0.15) is 47.0 Å². The van der Waals surface area contributed by atoms with Crippen molar-refractivity contribution >= 4 is 11.7 Å². The number of carbonyl (C=O) groups excluding carboxylic acids is 1. The Morgan fingerprint density at radius 3 is 2.62 bits per heavy atom. The van der Waals surface area contributed by atoms with Crippen molar-refractivity contribution in [3.8, 4) is 0 Å². The molecule has 1 rings (SSSR count). The van der Waals surface area contributed by atoms with E-state index in [1.165, 1.54) is 0 Å². The fraction of sp³-hybridized carbons (Fsp3) is 0.833. The minimum atomic E-state index is -0.451. The van der Waals surface area contributed by atoms with E-state index < -0.39 is 5.60 Å². The predicted octanol–water partition coefficient (Wildman–Crippen LogP) is 1.89. The molecule has 0 aliphatic carbocycles. The number of nitrogens with zero attached hydrogens (tertiary/aromatic N) is 1. The second-order valence-corrected chi connectivity index (χ2v) is 4.29. The van der Waals surface area contributed by atoms with Crippen LogP contribution in [0.4, 0.5) is 0 Å². The van der Waals surface area contributed by atoms with Crippen LogP contribution >= 0.6 is 0 Å². The molecule has 1 heterocycles. The highest BCUT2D eigenvalue weighted by atomic mass is 16.5. The van der Waals surface area contributed by atoms with Crippen molar-refractivity contribution in [3.05, 3.63) is 0 Å². The molecule has 1 N–H and O–H groups in total. The average Bonchev–Trinajstić information content (AvgIpc) is 2.62. The monoisotopic (exact) mass is 226 g/mol. The van der Waals surface area contributed by atoms with Gasteiger partial charge in [-0.2, -0.15) is 0 Å². The Bertz CT molecular complexity index is 289. The van der Waals surface area contributed by atoms with Crippen LogP contribution in [0.5, 0.6) is 0 Å². The van der Waals surface area contributed by atoms with Gasteiger partial charge in [-0.3, -0.25) is 9.79 Å². The van der Waals surface area contributed by atoms with Gasteiger partial charge in [-0.15, -0.1) is 0 Å². The molecule has 0 aromatic carbocycles. The molecule has 0 aromatic rings. The summed E-state index contributed by atoms with van der Waals surface area (Å²) in [7, 11) is 0. The first-order valence-corrected chi connectivity index (χ1v) is 6.10. The van der Waals surface area contributed by atoms with Crippen LogP contribution in [0, 0.1) is 0 Å². The van der Waals surface area contributed by atoms with E-state index in [1.807, 2.05) is 20.8 Å². The molecule has 2 atom stereocenters. The van der Waals surface area contributed by atoms with E-state index in [9.17, 15) is 4.79 Å². The van der Waals surface area contributed by atoms with Gasteiger partial charge >= 0.3 is 0 Å². The molecule has 1 amide bonds. The van der Waals surface area contributed by atoms with E-state index in [0.29, 0.717) is 12.4 Å². The minimum Gasteiger partial charge on any atom is -0.368 e. The van der Waals surface area contributed by atoms with Crippen LogP contribution in [0.15, 0.2) is 4.99 Å². The van der Waals surface area contributed by atoms with Crippen LogP contribution in [0.2, 0.25) is 0 Å². The third-order valence-electron chi connectivity index (χ3n) is 3.03. The van der Waals surface area contributed by atoms with E-state index >= 15 is 0 Å². The molecular formula is C12H22N2O2. The molecule has 0 bridgehead atoms. The quantitative estimate of drug-likeness (QED) is 0.752. The van der Waals surface area contributed by atoms with Crippen molar-refractivity contribution in [1.82, 2.24) is 5.32 Å². The number of hydrogen-bond donors (Lipinski definition) is 1. The van der Waals surface area contributed by atoms with Crippen LogP contribution < -0.4 is 5.32 Å². The van der Waals surface area contributed by atoms with Gasteiger partial charge in [-0.1, -0.05) is 20.3 Å². The van der Waals surface area contributed by atoms with Gasteiger partial charge in [-0.05, 0) is 26.7 Å². The normalized spacial score (nSPS) is 23.9. The number of nitrogens with one attached hydrogen (secondary N) is 1. The van der Waals surface area contributed by atoms with Gasteiger partial charge in [0.2, 0.25) is 5.91 Å². The Kier molecular flexibility index (Phi) is 4.47. The summed E-state index contributed by atoms with van der Waals surface area (Å²) in [6.45, 7) is 8.65. The van der Waals surface area contributed by atoms with Gasteiger partial charge in [0.05, 0.1) is 0 Å². The van der Waals surface area contributed by atoms with E-state index in [1.54, 1.807) is 0 Å². The van der Waals surface area contributed by atoms with E-state index in [-0.39, 0.29) is 11.9 Å².